The molecule has 3 heterocycles. The lowest BCUT2D eigenvalue weighted by molar-refractivity contribution is 0.0502. The molecule has 0 spiro atoms. The van der Waals surface area contributed by atoms with Crippen LogP contribution in [-0.4, -0.2) is 41.2 Å². The number of H-pyrrole nitrogens is 1. The lowest BCUT2D eigenvalue weighted by atomic mass is 9.99. The molecule has 1 aromatic heterocycles. The maximum Gasteiger partial charge on any atom is 0.124 e. The van der Waals surface area contributed by atoms with Gasteiger partial charge in [0.25, 0.3) is 0 Å². The van der Waals surface area contributed by atoms with Gasteiger partial charge in [-0.15, -0.1) is 0 Å². The molecule has 4 nitrogen and oxygen atoms in total. The number of nitrogens with one attached hydrogen (secondary N) is 1. The predicted molar refractivity (Wildman–Crippen MR) is 82.3 cm³/mol. The molecule has 0 radical (unpaired) electrons. The summed E-state index contributed by atoms with van der Waals surface area (Å²) in [5.41, 5.74) is 2.78. The molecule has 2 saturated heterocycles. The highest BCUT2D eigenvalue weighted by Crippen LogP contribution is 2.33. The van der Waals surface area contributed by atoms with E-state index in [-0.39, 0.29) is 0 Å². The predicted octanol–water partition coefficient (Wildman–Crippen LogP) is 2.85. The Morgan fingerprint density at radius 2 is 1.95 bits per heavy atom. The highest BCUT2D eigenvalue weighted by molar-refractivity contribution is 5.19. The molecule has 3 aliphatic rings. The molecule has 1 N–H and O–H groups in total. The lowest BCUT2D eigenvalue weighted by Crippen LogP contribution is -2.32. The van der Waals surface area contributed by atoms with Crippen LogP contribution in [0.3, 0.4) is 0 Å². The molecule has 2 aliphatic heterocycles. The smallest absolute Gasteiger partial charge is 0.124 e. The summed E-state index contributed by atoms with van der Waals surface area (Å²) in [6.07, 6.45) is 10.1. The number of likely N-dealkylation sites (tertiary alicyclic amines) is 1. The first-order chi connectivity index (χ1) is 10.4. The van der Waals surface area contributed by atoms with Crippen LogP contribution in [0.1, 0.15) is 61.8 Å². The van der Waals surface area contributed by atoms with Crippen LogP contribution in [0.15, 0.2) is 0 Å². The number of aromatic amines is 1. The van der Waals surface area contributed by atoms with Crippen molar-refractivity contribution < 1.29 is 4.74 Å². The highest BCUT2D eigenvalue weighted by Gasteiger charge is 2.31. The minimum absolute atomic E-state index is 0.540. The molecule has 0 aromatic carbocycles. The molecule has 4 heteroatoms. The first-order valence-corrected chi connectivity index (χ1v) is 8.79. The zero-order valence-corrected chi connectivity index (χ0v) is 12.9. The molecule has 1 atom stereocenters. The van der Waals surface area contributed by atoms with Crippen LogP contribution in [0.25, 0.3) is 0 Å². The van der Waals surface area contributed by atoms with Crippen molar-refractivity contribution in [2.24, 2.45) is 5.92 Å². The normalized spacial score (nSPS) is 27.9. The van der Waals surface area contributed by atoms with Crippen LogP contribution in [-0.2, 0) is 17.6 Å². The monoisotopic (exact) mass is 289 g/mol. The van der Waals surface area contributed by atoms with Crippen molar-refractivity contribution in [1.82, 2.24) is 14.9 Å². The van der Waals surface area contributed by atoms with E-state index in [1.165, 1.54) is 81.7 Å². The van der Waals surface area contributed by atoms with Crippen LogP contribution in [0.2, 0.25) is 0 Å². The molecule has 0 amide bonds. The van der Waals surface area contributed by atoms with Gasteiger partial charge in [0.15, 0.2) is 0 Å². The second-order valence-electron chi connectivity index (χ2n) is 6.96. The molecule has 0 unspecified atom stereocenters. The Morgan fingerprint density at radius 3 is 2.81 bits per heavy atom. The second-order valence-corrected chi connectivity index (χ2v) is 6.96. The van der Waals surface area contributed by atoms with E-state index in [2.05, 4.69) is 9.88 Å². The number of hydrogen-bond acceptors (Lipinski definition) is 3. The van der Waals surface area contributed by atoms with Gasteiger partial charge in [-0.25, -0.2) is 4.98 Å². The molecular weight excluding hydrogens is 262 g/mol. The van der Waals surface area contributed by atoms with E-state index in [4.69, 9.17) is 9.72 Å². The molecular formula is C17H27N3O. The fraction of sp³-hybridized carbons (Fsp3) is 0.824. The Kier molecular flexibility index (Phi) is 3.99. The van der Waals surface area contributed by atoms with Crippen molar-refractivity contribution in [2.75, 3.05) is 26.3 Å². The average Bonchev–Trinajstić information content (AvgIpc) is 3.14. The summed E-state index contributed by atoms with van der Waals surface area (Å²) < 4.78 is 5.49. The Balaban J connectivity index is 1.46. The van der Waals surface area contributed by atoms with Gasteiger partial charge in [0.2, 0.25) is 0 Å². The summed E-state index contributed by atoms with van der Waals surface area (Å²) >= 11 is 0. The second kappa shape index (κ2) is 6.09. The average molecular weight is 289 g/mol. The fourth-order valence-corrected chi connectivity index (χ4v) is 4.25. The van der Waals surface area contributed by atoms with Crippen molar-refractivity contribution in [3.8, 4) is 0 Å². The third-order valence-corrected chi connectivity index (χ3v) is 5.49. The summed E-state index contributed by atoms with van der Waals surface area (Å²) in [4.78, 5) is 11.3. The van der Waals surface area contributed by atoms with E-state index in [9.17, 15) is 0 Å². The van der Waals surface area contributed by atoms with Crippen LogP contribution in [0, 0.1) is 5.92 Å². The van der Waals surface area contributed by atoms with Gasteiger partial charge in [0.1, 0.15) is 5.82 Å². The highest BCUT2D eigenvalue weighted by atomic mass is 16.5. The van der Waals surface area contributed by atoms with Crippen molar-refractivity contribution in [3.63, 3.8) is 0 Å². The number of fused-ring (bicyclic) bond motifs is 1. The maximum atomic E-state index is 5.49. The SMILES string of the molecule is C1CCc2[nH]c([C@@H]3CCCN3CC3CCOCC3)nc2C1. The molecule has 1 aliphatic carbocycles. The zero-order chi connectivity index (χ0) is 14.1. The zero-order valence-electron chi connectivity index (χ0n) is 12.9. The summed E-state index contributed by atoms with van der Waals surface area (Å²) in [5, 5.41) is 0. The van der Waals surface area contributed by atoms with Crippen molar-refractivity contribution in [2.45, 2.75) is 57.4 Å². The quantitative estimate of drug-likeness (QED) is 0.930. The minimum atomic E-state index is 0.540. The van der Waals surface area contributed by atoms with Crippen molar-refractivity contribution in [1.29, 1.82) is 0 Å². The molecule has 21 heavy (non-hydrogen) atoms. The van der Waals surface area contributed by atoms with Gasteiger partial charge < -0.3 is 9.72 Å². The molecule has 116 valence electrons. The number of imidazole rings is 1. The fourth-order valence-electron chi connectivity index (χ4n) is 4.25. The van der Waals surface area contributed by atoms with Crippen LogP contribution in [0.4, 0.5) is 0 Å². The Bertz CT molecular complexity index is 455. The third-order valence-electron chi connectivity index (χ3n) is 5.49. The van der Waals surface area contributed by atoms with Crippen molar-refractivity contribution >= 4 is 0 Å². The Labute approximate surface area is 127 Å². The molecule has 4 rings (SSSR count). The number of ether oxygens (including phenoxy) is 1. The van der Waals surface area contributed by atoms with Crippen LogP contribution >= 0.6 is 0 Å². The number of hydrogen-bond donors (Lipinski definition) is 1. The summed E-state index contributed by atoms with van der Waals surface area (Å²) in [6.45, 7) is 4.39. The molecule has 2 fully saturated rings. The summed E-state index contributed by atoms with van der Waals surface area (Å²) in [5.74, 6) is 2.08. The van der Waals surface area contributed by atoms with E-state index in [0.29, 0.717) is 6.04 Å². The lowest BCUT2D eigenvalue weighted by Gasteiger charge is -2.30. The van der Waals surface area contributed by atoms with Crippen LogP contribution < -0.4 is 0 Å². The first kappa shape index (κ1) is 13.8. The van der Waals surface area contributed by atoms with Crippen LogP contribution in [0.5, 0.6) is 0 Å². The van der Waals surface area contributed by atoms with E-state index >= 15 is 0 Å². The first-order valence-electron chi connectivity index (χ1n) is 8.79. The largest absolute Gasteiger partial charge is 0.381 e. The van der Waals surface area contributed by atoms with Gasteiger partial charge in [-0.3, -0.25) is 4.90 Å². The minimum Gasteiger partial charge on any atom is -0.381 e. The number of nitrogens with zero attached hydrogens (tertiary/aromatic N) is 2. The number of aryl methyl sites for hydroxylation is 2. The van der Waals surface area contributed by atoms with E-state index in [0.717, 1.165) is 19.1 Å². The standard InChI is InChI=1S/C17H27N3O/c1-2-5-15-14(4-1)18-17(19-15)16-6-3-9-20(16)12-13-7-10-21-11-8-13/h13,16H,1-12H2,(H,18,19)/t16-/m0/s1. The maximum absolute atomic E-state index is 5.49. The topological polar surface area (TPSA) is 41.2 Å². The molecule has 0 bridgehead atoms. The van der Waals surface area contributed by atoms with E-state index in [1.807, 2.05) is 0 Å². The van der Waals surface area contributed by atoms with Gasteiger partial charge in [0.05, 0.1) is 11.7 Å². The van der Waals surface area contributed by atoms with Gasteiger partial charge in [-0.2, -0.15) is 0 Å². The summed E-state index contributed by atoms with van der Waals surface area (Å²) in [7, 11) is 0. The summed E-state index contributed by atoms with van der Waals surface area (Å²) in [6, 6.07) is 0.540. The number of aromatic nitrogens is 2. The van der Waals surface area contributed by atoms with Gasteiger partial charge in [0, 0.05) is 25.5 Å². The third kappa shape index (κ3) is 2.88. The molecule has 1 aromatic rings. The number of rotatable bonds is 3. The van der Waals surface area contributed by atoms with Gasteiger partial charge in [-0.1, -0.05) is 0 Å². The Morgan fingerprint density at radius 1 is 1.10 bits per heavy atom. The molecule has 0 saturated carbocycles. The Hall–Kier alpha value is -0.870. The van der Waals surface area contributed by atoms with Gasteiger partial charge in [-0.05, 0) is 63.8 Å². The van der Waals surface area contributed by atoms with E-state index in [1.54, 1.807) is 0 Å². The van der Waals surface area contributed by atoms with Crippen molar-refractivity contribution in [3.05, 3.63) is 17.2 Å². The van der Waals surface area contributed by atoms with Gasteiger partial charge >= 0.3 is 0 Å². The van der Waals surface area contributed by atoms with E-state index < -0.39 is 0 Å².